The Morgan fingerprint density at radius 1 is 1.33 bits per heavy atom. The van der Waals surface area contributed by atoms with Gasteiger partial charge in [-0.15, -0.1) is 0 Å². The number of hydrogen-bond acceptors (Lipinski definition) is 6. The lowest BCUT2D eigenvalue weighted by Crippen LogP contribution is -2.48. The van der Waals surface area contributed by atoms with Crippen LogP contribution >= 0.6 is 0 Å². The summed E-state index contributed by atoms with van der Waals surface area (Å²) in [5.41, 5.74) is 1.07. The number of fused-ring (bicyclic) bond motifs is 1. The fourth-order valence-corrected chi connectivity index (χ4v) is 3.96. The zero-order valence-electron chi connectivity index (χ0n) is 20.2. The van der Waals surface area contributed by atoms with E-state index in [1.165, 1.54) is 11.4 Å². The first kappa shape index (κ1) is 26.9. The Hall–Kier alpha value is -2.37. The minimum atomic E-state index is -3.43. The molecule has 0 aliphatic carbocycles. The molecule has 1 aromatic rings. The number of ether oxygens (including phenoxy) is 1. The van der Waals surface area contributed by atoms with Crippen LogP contribution in [0.2, 0.25) is 0 Å². The van der Waals surface area contributed by atoms with Crippen molar-refractivity contribution in [2.75, 3.05) is 38.3 Å². The van der Waals surface area contributed by atoms with E-state index >= 15 is 0 Å². The molecule has 1 aromatic carbocycles. The van der Waals surface area contributed by atoms with Gasteiger partial charge in [-0.25, -0.2) is 17.5 Å². The first-order valence-electron chi connectivity index (χ1n) is 11.0. The van der Waals surface area contributed by atoms with E-state index in [0.29, 0.717) is 23.5 Å². The van der Waals surface area contributed by atoms with E-state index in [1.54, 1.807) is 30.0 Å². The number of aliphatic hydroxyl groups is 1. The van der Waals surface area contributed by atoms with Crippen LogP contribution in [0.4, 0.5) is 10.5 Å². The number of hydrogen-bond donors (Lipinski definition) is 3. The highest BCUT2D eigenvalue weighted by Gasteiger charge is 2.32. The van der Waals surface area contributed by atoms with E-state index in [-0.39, 0.29) is 43.5 Å². The second-order valence-corrected chi connectivity index (χ2v) is 11.1. The van der Waals surface area contributed by atoms with Crippen molar-refractivity contribution in [2.45, 2.75) is 52.3 Å². The van der Waals surface area contributed by atoms with Crippen LogP contribution in [0, 0.1) is 5.92 Å². The average molecular weight is 485 g/mol. The number of aliphatic hydroxyl groups excluding tert-OH is 1. The second-order valence-electron chi connectivity index (χ2n) is 9.01. The zero-order chi connectivity index (χ0) is 24.9. The maximum Gasteiger partial charge on any atom is 0.319 e. The second kappa shape index (κ2) is 11.2. The molecule has 0 bridgehead atoms. The molecule has 2 rings (SSSR count). The van der Waals surface area contributed by atoms with Crippen LogP contribution in [0.15, 0.2) is 18.2 Å². The molecule has 0 fully saturated rings. The average Bonchev–Trinajstić information content (AvgIpc) is 2.74. The summed E-state index contributed by atoms with van der Waals surface area (Å²) in [5.74, 6) is 0.0530. The van der Waals surface area contributed by atoms with Crippen LogP contribution in [-0.4, -0.2) is 85.9 Å². The molecule has 0 saturated heterocycles. The third-order valence-electron chi connectivity index (χ3n) is 5.60. The maximum absolute atomic E-state index is 13.1. The molecular formula is C22H36N4O6S. The van der Waals surface area contributed by atoms with Crippen LogP contribution in [0.5, 0.6) is 5.75 Å². The first-order chi connectivity index (χ1) is 15.3. The van der Waals surface area contributed by atoms with E-state index < -0.39 is 22.2 Å². The van der Waals surface area contributed by atoms with E-state index in [9.17, 15) is 23.1 Å². The predicted molar refractivity (Wildman–Crippen MR) is 127 cm³/mol. The largest absolute Gasteiger partial charge is 0.488 e. The van der Waals surface area contributed by atoms with E-state index in [2.05, 4.69) is 10.6 Å². The zero-order valence-corrected chi connectivity index (χ0v) is 21.0. The van der Waals surface area contributed by atoms with Gasteiger partial charge in [-0.05, 0) is 39.0 Å². The number of nitrogens with zero attached hydrogens (tertiary/aromatic N) is 2. The van der Waals surface area contributed by atoms with Gasteiger partial charge in [0, 0.05) is 36.8 Å². The monoisotopic (exact) mass is 484 g/mol. The Morgan fingerprint density at radius 3 is 2.58 bits per heavy atom. The number of carbonyl (C=O) groups is 2. The van der Waals surface area contributed by atoms with Crippen molar-refractivity contribution in [2.24, 2.45) is 5.92 Å². The summed E-state index contributed by atoms with van der Waals surface area (Å²) in [6, 6.07) is 4.23. The summed E-state index contributed by atoms with van der Waals surface area (Å²) in [7, 11) is -1.95. The Kier molecular flexibility index (Phi) is 9.10. The third kappa shape index (κ3) is 7.58. The summed E-state index contributed by atoms with van der Waals surface area (Å²) < 4.78 is 31.5. The number of nitrogens with one attached hydrogen (secondary N) is 2. The lowest BCUT2D eigenvalue weighted by Gasteiger charge is -2.33. The number of likely N-dealkylation sites (N-methyl/N-ethyl adjacent to an activating group) is 1. The van der Waals surface area contributed by atoms with Crippen LogP contribution < -0.4 is 15.4 Å². The molecule has 10 nitrogen and oxygen atoms in total. The molecule has 1 heterocycles. The highest BCUT2D eigenvalue weighted by molar-refractivity contribution is 7.88. The molecule has 186 valence electrons. The van der Waals surface area contributed by atoms with Gasteiger partial charge >= 0.3 is 6.03 Å². The fourth-order valence-electron chi connectivity index (χ4n) is 3.54. The SMILES string of the molecule is CC(C)NC(=O)Nc1ccc2c(c1)CC(=O)N([C@H](C)CO)C[C@@H](C)[C@@H](CN(C)S(C)(=O)=O)O2. The molecule has 0 aromatic heterocycles. The lowest BCUT2D eigenvalue weighted by molar-refractivity contribution is -0.134. The Labute approximate surface area is 196 Å². The Morgan fingerprint density at radius 2 is 2.00 bits per heavy atom. The normalized spacial score (nSPS) is 20.4. The minimum Gasteiger partial charge on any atom is -0.488 e. The molecule has 3 N–H and O–H groups in total. The summed E-state index contributed by atoms with van der Waals surface area (Å²) in [6.07, 6.45) is 0.609. The number of benzene rings is 1. The summed E-state index contributed by atoms with van der Waals surface area (Å²) in [5, 5.41) is 15.2. The molecule has 1 aliphatic rings. The summed E-state index contributed by atoms with van der Waals surface area (Å²) >= 11 is 0. The number of amides is 3. The van der Waals surface area contributed by atoms with Crippen molar-refractivity contribution in [1.82, 2.24) is 14.5 Å². The van der Waals surface area contributed by atoms with Crippen LogP contribution in [0.25, 0.3) is 0 Å². The van der Waals surface area contributed by atoms with Crippen LogP contribution in [0.3, 0.4) is 0 Å². The molecule has 33 heavy (non-hydrogen) atoms. The van der Waals surface area contributed by atoms with Gasteiger partial charge in [-0.2, -0.15) is 0 Å². The van der Waals surface area contributed by atoms with E-state index in [0.717, 1.165) is 6.26 Å². The highest BCUT2D eigenvalue weighted by atomic mass is 32.2. The number of carbonyl (C=O) groups excluding carboxylic acids is 2. The number of urea groups is 1. The van der Waals surface area contributed by atoms with Crippen molar-refractivity contribution >= 4 is 27.6 Å². The smallest absolute Gasteiger partial charge is 0.319 e. The van der Waals surface area contributed by atoms with Crippen molar-refractivity contribution in [3.8, 4) is 5.75 Å². The van der Waals surface area contributed by atoms with Gasteiger partial charge in [0.15, 0.2) is 0 Å². The maximum atomic E-state index is 13.1. The van der Waals surface area contributed by atoms with Gasteiger partial charge in [-0.1, -0.05) is 6.92 Å². The molecule has 1 aliphatic heterocycles. The van der Waals surface area contributed by atoms with Crippen LogP contribution in [-0.2, 0) is 21.2 Å². The highest BCUT2D eigenvalue weighted by Crippen LogP contribution is 2.29. The summed E-state index contributed by atoms with van der Waals surface area (Å²) in [6.45, 7) is 7.56. The van der Waals surface area contributed by atoms with Crippen molar-refractivity contribution < 1.29 is 27.9 Å². The molecule has 3 amide bonds. The van der Waals surface area contributed by atoms with E-state index in [1.807, 2.05) is 20.8 Å². The van der Waals surface area contributed by atoms with Crippen molar-refractivity contribution in [3.63, 3.8) is 0 Å². The lowest BCUT2D eigenvalue weighted by atomic mass is 10.0. The topological polar surface area (TPSA) is 128 Å². The minimum absolute atomic E-state index is 0.0162. The number of sulfonamides is 1. The predicted octanol–water partition coefficient (Wildman–Crippen LogP) is 1.26. The summed E-state index contributed by atoms with van der Waals surface area (Å²) in [4.78, 5) is 26.9. The Bertz CT molecular complexity index is 952. The molecule has 0 radical (unpaired) electrons. The van der Waals surface area contributed by atoms with Gasteiger partial charge in [0.2, 0.25) is 15.9 Å². The standard InChI is InChI=1S/C22H36N4O6S/c1-14(2)23-22(29)24-18-7-8-19-17(9-18)10-21(28)26(16(4)13-27)11-15(3)20(32-19)12-25(5)33(6,30)31/h7-9,14-16,20,27H,10-13H2,1-6H3,(H2,23,24,29)/t15-,16-,20-/m1/s1. The molecular weight excluding hydrogens is 448 g/mol. The molecule has 0 spiro atoms. The van der Waals surface area contributed by atoms with Crippen molar-refractivity contribution in [1.29, 1.82) is 0 Å². The molecule has 11 heteroatoms. The number of anilines is 1. The van der Waals surface area contributed by atoms with Gasteiger partial charge in [0.05, 0.1) is 31.9 Å². The van der Waals surface area contributed by atoms with Gasteiger partial charge in [-0.3, -0.25) is 4.79 Å². The van der Waals surface area contributed by atoms with Gasteiger partial charge < -0.3 is 25.4 Å². The van der Waals surface area contributed by atoms with Crippen LogP contribution in [0.1, 0.15) is 33.3 Å². The Balaban J connectivity index is 2.43. The fraction of sp³-hybridized carbons (Fsp3) is 0.636. The molecule has 3 atom stereocenters. The van der Waals surface area contributed by atoms with Crippen molar-refractivity contribution in [3.05, 3.63) is 23.8 Å². The third-order valence-corrected chi connectivity index (χ3v) is 6.88. The quantitative estimate of drug-likeness (QED) is 0.535. The van der Waals surface area contributed by atoms with Gasteiger partial charge in [0.25, 0.3) is 0 Å². The number of rotatable bonds is 7. The molecule has 0 unspecified atom stereocenters. The first-order valence-corrected chi connectivity index (χ1v) is 12.8. The molecule has 0 saturated carbocycles. The van der Waals surface area contributed by atoms with E-state index in [4.69, 9.17) is 4.74 Å². The van der Waals surface area contributed by atoms with Gasteiger partial charge in [0.1, 0.15) is 11.9 Å².